The molecular weight excluding hydrogens is 379 g/mol. The number of pyridine rings is 1. The number of carbonyl (C=O) groups is 2. The summed E-state index contributed by atoms with van der Waals surface area (Å²) in [5.41, 5.74) is 0.737. The smallest absolute Gasteiger partial charge is 0.488 e. The molecule has 0 bridgehead atoms. The van der Waals surface area contributed by atoms with Gasteiger partial charge in [0.2, 0.25) is 5.91 Å². The Labute approximate surface area is 158 Å². The molecule has 0 saturated carbocycles. The van der Waals surface area contributed by atoms with E-state index >= 15 is 0 Å². The zero-order chi connectivity index (χ0) is 20.7. The highest BCUT2D eigenvalue weighted by Crippen LogP contribution is 2.34. The Morgan fingerprint density at radius 2 is 1.89 bits per heavy atom. The highest BCUT2D eigenvalue weighted by Gasteiger charge is 2.38. The van der Waals surface area contributed by atoms with Crippen molar-refractivity contribution in [3.8, 4) is 5.75 Å². The highest BCUT2D eigenvalue weighted by molar-refractivity contribution is 6.03. The van der Waals surface area contributed by atoms with Crippen LogP contribution < -0.4 is 15.4 Å². The molecule has 1 aliphatic rings. The number of fused-ring (bicyclic) bond motifs is 1. The van der Waals surface area contributed by atoms with Crippen molar-refractivity contribution in [2.24, 2.45) is 0 Å². The lowest BCUT2D eigenvalue weighted by atomic mass is 10.1. The van der Waals surface area contributed by atoms with E-state index in [1.54, 1.807) is 12.4 Å². The second-order valence-corrected chi connectivity index (χ2v) is 6.09. The molecule has 1 fully saturated rings. The molecule has 3 N–H and O–H groups in total. The lowest BCUT2D eigenvalue weighted by Gasteiger charge is -2.25. The van der Waals surface area contributed by atoms with Crippen LogP contribution in [0.2, 0.25) is 0 Å². The Morgan fingerprint density at radius 1 is 1.25 bits per heavy atom. The Kier molecular flexibility index (Phi) is 7.16. The van der Waals surface area contributed by atoms with E-state index in [1.807, 2.05) is 18.2 Å². The van der Waals surface area contributed by atoms with Crippen LogP contribution in [0.5, 0.6) is 5.75 Å². The molecule has 1 aromatic heterocycles. The van der Waals surface area contributed by atoms with Gasteiger partial charge in [0.15, 0.2) is 0 Å². The number of hydrogen-bond donors (Lipinski definition) is 3. The average molecular weight is 399 g/mol. The summed E-state index contributed by atoms with van der Waals surface area (Å²) in [6.45, 7) is 3.45. The standard InChI is InChI=1S/C16H19N3O2.C2HF3O2/c1-11(20)19-16-14-6-9-18-10-12(14)2-3-15(16)21-13-4-7-17-8-5-13;3-2(4,5)1(6)7/h2-3,6,9-10,13,17H,4-5,7-8H2,1H3,(H,19,20);(H,6,7). The van der Waals surface area contributed by atoms with Crippen LogP contribution in [0.15, 0.2) is 30.6 Å². The van der Waals surface area contributed by atoms with Gasteiger partial charge in [0.1, 0.15) is 11.9 Å². The zero-order valence-corrected chi connectivity index (χ0v) is 15.0. The lowest BCUT2D eigenvalue weighted by molar-refractivity contribution is -0.192. The van der Waals surface area contributed by atoms with Crippen molar-refractivity contribution >= 4 is 28.3 Å². The number of hydrogen-bond acceptors (Lipinski definition) is 5. The van der Waals surface area contributed by atoms with Gasteiger partial charge in [-0.05, 0) is 44.1 Å². The summed E-state index contributed by atoms with van der Waals surface area (Å²) in [5, 5.41) is 15.3. The molecule has 152 valence electrons. The fourth-order valence-electron chi connectivity index (χ4n) is 2.64. The van der Waals surface area contributed by atoms with Crippen LogP contribution in [0.1, 0.15) is 19.8 Å². The minimum absolute atomic E-state index is 0.102. The first kappa shape index (κ1) is 21.4. The summed E-state index contributed by atoms with van der Waals surface area (Å²) in [6, 6.07) is 5.79. The average Bonchev–Trinajstić information content (AvgIpc) is 2.64. The number of benzene rings is 1. The molecule has 1 aliphatic heterocycles. The van der Waals surface area contributed by atoms with Gasteiger partial charge in [0, 0.05) is 30.1 Å². The van der Waals surface area contributed by atoms with Gasteiger partial charge < -0.3 is 20.5 Å². The number of amides is 1. The number of aromatic nitrogens is 1. The summed E-state index contributed by atoms with van der Waals surface area (Å²) in [5.74, 6) is -2.13. The number of piperidine rings is 1. The molecule has 7 nitrogen and oxygen atoms in total. The number of alkyl halides is 3. The van der Waals surface area contributed by atoms with Crippen molar-refractivity contribution in [3.05, 3.63) is 30.6 Å². The molecule has 10 heteroatoms. The first-order chi connectivity index (χ1) is 13.2. The van der Waals surface area contributed by atoms with Crippen molar-refractivity contribution in [2.45, 2.75) is 32.0 Å². The summed E-state index contributed by atoms with van der Waals surface area (Å²) in [6.07, 6.45) is 0.580. The first-order valence-electron chi connectivity index (χ1n) is 8.50. The van der Waals surface area contributed by atoms with E-state index < -0.39 is 12.1 Å². The van der Waals surface area contributed by atoms with Crippen molar-refractivity contribution in [1.82, 2.24) is 10.3 Å². The van der Waals surface area contributed by atoms with E-state index in [9.17, 15) is 18.0 Å². The number of anilines is 1. The Morgan fingerprint density at radius 3 is 2.46 bits per heavy atom. The topological polar surface area (TPSA) is 101 Å². The van der Waals surface area contributed by atoms with Crippen molar-refractivity contribution in [2.75, 3.05) is 18.4 Å². The van der Waals surface area contributed by atoms with E-state index in [2.05, 4.69) is 15.6 Å². The van der Waals surface area contributed by atoms with Gasteiger partial charge in [-0.2, -0.15) is 13.2 Å². The molecule has 1 amide bonds. The van der Waals surface area contributed by atoms with Crippen molar-refractivity contribution < 1.29 is 32.6 Å². The Bertz CT molecular complexity index is 836. The second-order valence-electron chi connectivity index (χ2n) is 6.09. The van der Waals surface area contributed by atoms with Crippen LogP contribution >= 0.6 is 0 Å². The quantitative estimate of drug-likeness (QED) is 0.734. The van der Waals surface area contributed by atoms with Crippen molar-refractivity contribution in [1.29, 1.82) is 0 Å². The summed E-state index contributed by atoms with van der Waals surface area (Å²) < 4.78 is 37.9. The number of nitrogens with zero attached hydrogens (tertiary/aromatic N) is 1. The number of rotatable bonds is 3. The third kappa shape index (κ3) is 6.08. The maximum atomic E-state index is 11.5. The molecule has 0 spiro atoms. The van der Waals surface area contributed by atoms with Gasteiger partial charge in [-0.3, -0.25) is 9.78 Å². The summed E-state index contributed by atoms with van der Waals surface area (Å²) in [7, 11) is 0. The number of carboxylic acids is 1. The van der Waals surface area contributed by atoms with Crippen LogP contribution in [-0.4, -0.2) is 47.3 Å². The molecule has 1 aromatic carbocycles. The number of nitrogens with one attached hydrogen (secondary N) is 2. The molecule has 0 atom stereocenters. The highest BCUT2D eigenvalue weighted by atomic mass is 19.4. The van der Waals surface area contributed by atoms with E-state index in [1.165, 1.54) is 6.92 Å². The maximum Gasteiger partial charge on any atom is 0.490 e. The largest absolute Gasteiger partial charge is 0.490 e. The monoisotopic (exact) mass is 399 g/mol. The fourth-order valence-corrected chi connectivity index (χ4v) is 2.64. The molecule has 0 unspecified atom stereocenters. The molecule has 3 rings (SSSR count). The normalized spacial score (nSPS) is 14.7. The van der Waals surface area contributed by atoms with E-state index in [-0.39, 0.29) is 12.0 Å². The second kappa shape index (κ2) is 9.36. The molecule has 2 heterocycles. The SMILES string of the molecule is CC(=O)Nc1c(OC2CCNCC2)ccc2cnccc12.O=C(O)C(F)(F)F. The number of ether oxygens (including phenoxy) is 1. The number of aliphatic carboxylic acids is 1. The summed E-state index contributed by atoms with van der Waals surface area (Å²) in [4.78, 5) is 24.5. The molecule has 1 saturated heterocycles. The van der Waals surface area contributed by atoms with Gasteiger partial charge in [-0.1, -0.05) is 0 Å². The third-order valence-electron chi connectivity index (χ3n) is 3.91. The Balaban J connectivity index is 0.000000345. The van der Waals surface area contributed by atoms with Crippen LogP contribution in [0.25, 0.3) is 10.8 Å². The van der Waals surface area contributed by atoms with Gasteiger partial charge in [-0.15, -0.1) is 0 Å². The van der Waals surface area contributed by atoms with Gasteiger partial charge in [-0.25, -0.2) is 4.79 Å². The minimum atomic E-state index is -5.08. The van der Waals surface area contributed by atoms with Gasteiger partial charge in [0.05, 0.1) is 5.69 Å². The van der Waals surface area contributed by atoms with E-state index in [0.29, 0.717) is 0 Å². The molecule has 28 heavy (non-hydrogen) atoms. The third-order valence-corrected chi connectivity index (χ3v) is 3.91. The Hall–Kier alpha value is -2.88. The van der Waals surface area contributed by atoms with E-state index in [0.717, 1.165) is 48.1 Å². The molecule has 2 aromatic rings. The van der Waals surface area contributed by atoms with Crippen molar-refractivity contribution in [3.63, 3.8) is 0 Å². The van der Waals surface area contributed by atoms with E-state index in [4.69, 9.17) is 14.6 Å². The molecule has 0 radical (unpaired) electrons. The predicted octanol–water partition coefficient (Wildman–Crippen LogP) is 2.96. The summed E-state index contributed by atoms with van der Waals surface area (Å²) >= 11 is 0. The zero-order valence-electron chi connectivity index (χ0n) is 15.0. The fraction of sp³-hybridized carbons (Fsp3) is 0.389. The van der Waals surface area contributed by atoms with Crippen LogP contribution in [0.3, 0.4) is 0 Å². The predicted molar refractivity (Wildman–Crippen MR) is 96.3 cm³/mol. The van der Waals surface area contributed by atoms with Crippen LogP contribution in [-0.2, 0) is 9.59 Å². The molecule has 0 aliphatic carbocycles. The van der Waals surface area contributed by atoms with Gasteiger partial charge >= 0.3 is 12.1 Å². The van der Waals surface area contributed by atoms with Crippen LogP contribution in [0.4, 0.5) is 18.9 Å². The van der Waals surface area contributed by atoms with Crippen LogP contribution in [0, 0.1) is 0 Å². The number of halogens is 3. The maximum absolute atomic E-state index is 11.5. The molecular formula is C18H20F3N3O4. The first-order valence-corrected chi connectivity index (χ1v) is 8.50. The number of carboxylic acid groups (broad SMARTS) is 1. The lowest BCUT2D eigenvalue weighted by Crippen LogP contribution is -2.34. The minimum Gasteiger partial charge on any atom is -0.488 e. The number of carbonyl (C=O) groups excluding carboxylic acids is 1. The van der Waals surface area contributed by atoms with Gasteiger partial charge in [0.25, 0.3) is 0 Å².